The highest BCUT2D eigenvalue weighted by Crippen LogP contribution is 2.26. The number of fused-ring (bicyclic) bond motifs is 1. The molecule has 2 heterocycles. The Morgan fingerprint density at radius 3 is 3.05 bits per heavy atom. The van der Waals surface area contributed by atoms with Crippen LogP contribution in [0.5, 0.6) is 5.75 Å². The van der Waals surface area contributed by atoms with Gasteiger partial charge in [-0.2, -0.15) is 0 Å². The van der Waals surface area contributed by atoms with E-state index in [0.717, 1.165) is 38.2 Å². The summed E-state index contributed by atoms with van der Waals surface area (Å²) in [5.41, 5.74) is 8.59. The smallest absolute Gasteiger partial charge is 0.122 e. The lowest BCUT2D eigenvalue weighted by molar-refractivity contribution is 0.144. The summed E-state index contributed by atoms with van der Waals surface area (Å²) in [5.74, 6) is 1.09. The van der Waals surface area contributed by atoms with Crippen LogP contribution in [0.1, 0.15) is 36.8 Å². The Kier molecular flexibility index (Phi) is 6.34. The fourth-order valence-electron chi connectivity index (χ4n) is 3.54. The van der Waals surface area contributed by atoms with E-state index in [1.54, 1.807) is 0 Å². The molecule has 1 unspecified atom stereocenters. The van der Waals surface area contributed by atoms with E-state index < -0.39 is 0 Å². The van der Waals surface area contributed by atoms with Crippen molar-refractivity contribution in [2.75, 3.05) is 26.2 Å². The summed E-state index contributed by atoms with van der Waals surface area (Å²) < 4.78 is 5.57. The molecule has 0 aromatic heterocycles. The first-order chi connectivity index (χ1) is 9.86. The number of hydrogen-bond acceptors (Lipinski definition) is 3. The average molecular weight is 311 g/mol. The maximum Gasteiger partial charge on any atom is 0.122 e. The van der Waals surface area contributed by atoms with Crippen LogP contribution in [-0.2, 0) is 12.8 Å². The van der Waals surface area contributed by atoms with Gasteiger partial charge in [0.1, 0.15) is 5.75 Å². The van der Waals surface area contributed by atoms with E-state index in [1.807, 2.05) is 0 Å². The summed E-state index contributed by atoms with van der Waals surface area (Å²) in [6.07, 6.45) is 7.42. The molecule has 118 valence electrons. The Bertz CT molecular complexity index is 450. The second-order valence-corrected chi connectivity index (χ2v) is 6.05. The zero-order chi connectivity index (χ0) is 13.8. The third-order valence-corrected chi connectivity index (χ3v) is 4.69. The van der Waals surface area contributed by atoms with Gasteiger partial charge >= 0.3 is 0 Å². The van der Waals surface area contributed by atoms with Crippen LogP contribution >= 0.6 is 12.4 Å². The van der Waals surface area contributed by atoms with Gasteiger partial charge in [-0.15, -0.1) is 12.4 Å². The SMILES string of the molecule is Cl.NCCC1CCCCN1CCc1ccc2c(c1)CCO2. The van der Waals surface area contributed by atoms with Gasteiger partial charge < -0.3 is 15.4 Å². The van der Waals surface area contributed by atoms with Crippen molar-refractivity contribution >= 4 is 12.4 Å². The minimum Gasteiger partial charge on any atom is -0.493 e. The lowest BCUT2D eigenvalue weighted by Crippen LogP contribution is -2.41. The Balaban J connectivity index is 0.00000161. The van der Waals surface area contributed by atoms with E-state index in [1.165, 1.54) is 43.5 Å². The number of ether oxygens (including phenoxy) is 1. The topological polar surface area (TPSA) is 38.5 Å². The first-order valence-electron chi connectivity index (χ1n) is 8.05. The molecule has 2 N–H and O–H groups in total. The number of nitrogens with zero attached hydrogens (tertiary/aromatic N) is 1. The van der Waals surface area contributed by atoms with Gasteiger partial charge in [0.2, 0.25) is 0 Å². The predicted molar refractivity (Wildman–Crippen MR) is 89.5 cm³/mol. The van der Waals surface area contributed by atoms with Crippen LogP contribution in [-0.4, -0.2) is 37.2 Å². The predicted octanol–water partition coefficient (Wildman–Crippen LogP) is 2.79. The molecule has 1 aromatic rings. The molecule has 2 aliphatic heterocycles. The number of benzene rings is 1. The monoisotopic (exact) mass is 310 g/mol. The molecule has 2 aliphatic rings. The van der Waals surface area contributed by atoms with Gasteiger partial charge in [0, 0.05) is 19.0 Å². The summed E-state index contributed by atoms with van der Waals surface area (Å²) in [6, 6.07) is 7.42. The lowest BCUT2D eigenvalue weighted by Gasteiger charge is -2.35. The van der Waals surface area contributed by atoms with Gasteiger partial charge in [-0.1, -0.05) is 18.6 Å². The maximum atomic E-state index is 5.75. The summed E-state index contributed by atoms with van der Waals surface area (Å²) in [4.78, 5) is 2.65. The zero-order valence-corrected chi connectivity index (χ0v) is 13.5. The van der Waals surface area contributed by atoms with Crippen molar-refractivity contribution in [1.82, 2.24) is 4.90 Å². The van der Waals surface area contributed by atoms with Crippen molar-refractivity contribution in [3.8, 4) is 5.75 Å². The molecular weight excluding hydrogens is 284 g/mol. The van der Waals surface area contributed by atoms with Crippen LogP contribution in [0.4, 0.5) is 0 Å². The second-order valence-electron chi connectivity index (χ2n) is 6.05. The van der Waals surface area contributed by atoms with Gasteiger partial charge in [-0.3, -0.25) is 0 Å². The molecule has 0 radical (unpaired) electrons. The molecule has 3 nitrogen and oxygen atoms in total. The van der Waals surface area contributed by atoms with Crippen LogP contribution in [0, 0.1) is 0 Å². The molecule has 1 atom stereocenters. The minimum atomic E-state index is 0. The Morgan fingerprint density at radius 1 is 1.29 bits per heavy atom. The van der Waals surface area contributed by atoms with Crippen molar-refractivity contribution < 1.29 is 4.74 Å². The largest absolute Gasteiger partial charge is 0.493 e. The van der Waals surface area contributed by atoms with E-state index in [9.17, 15) is 0 Å². The minimum absolute atomic E-state index is 0. The van der Waals surface area contributed by atoms with Crippen LogP contribution in [0.3, 0.4) is 0 Å². The molecule has 1 saturated heterocycles. The molecule has 21 heavy (non-hydrogen) atoms. The van der Waals surface area contributed by atoms with Crippen LogP contribution < -0.4 is 10.5 Å². The Morgan fingerprint density at radius 2 is 2.19 bits per heavy atom. The number of nitrogens with two attached hydrogens (primary N) is 1. The molecule has 1 fully saturated rings. The van der Waals surface area contributed by atoms with Crippen LogP contribution in [0.25, 0.3) is 0 Å². The zero-order valence-electron chi connectivity index (χ0n) is 12.7. The second kappa shape index (κ2) is 8.02. The molecule has 0 bridgehead atoms. The Hall–Kier alpha value is -0.770. The molecular formula is C17H27ClN2O. The first kappa shape index (κ1) is 16.6. The summed E-state index contributed by atoms with van der Waals surface area (Å²) >= 11 is 0. The summed E-state index contributed by atoms with van der Waals surface area (Å²) in [7, 11) is 0. The fraction of sp³-hybridized carbons (Fsp3) is 0.647. The fourth-order valence-corrected chi connectivity index (χ4v) is 3.54. The quantitative estimate of drug-likeness (QED) is 0.909. The van der Waals surface area contributed by atoms with Gasteiger partial charge in [0.25, 0.3) is 0 Å². The number of piperidine rings is 1. The first-order valence-corrected chi connectivity index (χ1v) is 8.05. The van der Waals surface area contributed by atoms with Gasteiger partial charge in [-0.05, 0) is 56.0 Å². The van der Waals surface area contributed by atoms with Crippen molar-refractivity contribution in [1.29, 1.82) is 0 Å². The van der Waals surface area contributed by atoms with E-state index in [-0.39, 0.29) is 12.4 Å². The van der Waals surface area contributed by atoms with Crippen LogP contribution in [0.2, 0.25) is 0 Å². The molecule has 0 saturated carbocycles. The normalized spacial score (nSPS) is 21.5. The van der Waals surface area contributed by atoms with Crippen molar-refractivity contribution in [2.45, 2.75) is 44.6 Å². The molecule has 0 aliphatic carbocycles. The molecule has 4 heteroatoms. The maximum absolute atomic E-state index is 5.75. The van der Waals surface area contributed by atoms with E-state index >= 15 is 0 Å². The average Bonchev–Trinajstić information content (AvgIpc) is 2.94. The van der Waals surface area contributed by atoms with Crippen LogP contribution in [0.15, 0.2) is 18.2 Å². The van der Waals surface area contributed by atoms with Crippen molar-refractivity contribution in [2.24, 2.45) is 5.73 Å². The highest BCUT2D eigenvalue weighted by atomic mass is 35.5. The molecule has 1 aromatic carbocycles. The number of rotatable bonds is 5. The lowest BCUT2D eigenvalue weighted by atomic mass is 9.98. The number of likely N-dealkylation sites (tertiary alicyclic amines) is 1. The summed E-state index contributed by atoms with van der Waals surface area (Å²) in [5, 5.41) is 0. The van der Waals surface area contributed by atoms with E-state index in [4.69, 9.17) is 10.5 Å². The van der Waals surface area contributed by atoms with Gasteiger partial charge in [0.15, 0.2) is 0 Å². The third kappa shape index (κ3) is 4.12. The van der Waals surface area contributed by atoms with Crippen molar-refractivity contribution in [3.05, 3.63) is 29.3 Å². The van der Waals surface area contributed by atoms with Gasteiger partial charge in [-0.25, -0.2) is 0 Å². The van der Waals surface area contributed by atoms with Crippen molar-refractivity contribution in [3.63, 3.8) is 0 Å². The van der Waals surface area contributed by atoms with E-state index in [2.05, 4.69) is 23.1 Å². The third-order valence-electron chi connectivity index (χ3n) is 4.69. The van der Waals surface area contributed by atoms with E-state index in [0.29, 0.717) is 6.04 Å². The molecule has 0 amide bonds. The number of halogens is 1. The highest BCUT2D eigenvalue weighted by molar-refractivity contribution is 5.85. The number of hydrogen-bond donors (Lipinski definition) is 1. The molecule has 3 rings (SSSR count). The standard InChI is InChI=1S/C17H26N2O.ClH/c18-9-6-16-3-1-2-10-19(16)11-7-14-4-5-17-15(13-14)8-12-20-17;/h4-5,13,16H,1-3,6-12,18H2;1H. The van der Waals surface area contributed by atoms with Gasteiger partial charge in [0.05, 0.1) is 6.61 Å². The molecule has 0 spiro atoms. The summed E-state index contributed by atoms with van der Waals surface area (Å²) in [6.45, 7) is 4.09. The highest BCUT2D eigenvalue weighted by Gasteiger charge is 2.21. The Labute approximate surface area is 134 Å².